The molecule has 1 atom stereocenters. The predicted molar refractivity (Wildman–Crippen MR) is 106 cm³/mol. The first-order valence-corrected chi connectivity index (χ1v) is 9.68. The van der Waals surface area contributed by atoms with Gasteiger partial charge < -0.3 is 14.5 Å². The molecule has 9 heteroatoms. The van der Waals surface area contributed by atoms with E-state index in [-0.39, 0.29) is 22.8 Å². The minimum Gasteiger partial charge on any atom is -0.479 e. The lowest BCUT2D eigenvalue weighted by molar-refractivity contribution is -0.113. The van der Waals surface area contributed by atoms with Crippen LogP contribution in [0.1, 0.15) is 18.9 Å². The van der Waals surface area contributed by atoms with E-state index in [1.54, 1.807) is 25.1 Å². The molecule has 3 aromatic rings. The largest absolute Gasteiger partial charge is 0.479 e. The fourth-order valence-electron chi connectivity index (χ4n) is 2.10. The standard InChI is InChI=1S/C18H15Cl2N3O3S/c1-11(25-15-8-7-12(19)9-14(15)20)17-22-23-18(26-17)27-10-16(24)21-13-5-3-2-4-6-13/h2-9,11H,10H2,1H3,(H,21,24)/t11-/m0/s1. The minimum atomic E-state index is -0.510. The van der Waals surface area contributed by atoms with E-state index in [2.05, 4.69) is 15.5 Å². The van der Waals surface area contributed by atoms with Crippen molar-refractivity contribution in [2.45, 2.75) is 18.3 Å². The van der Waals surface area contributed by atoms with Gasteiger partial charge in [0.1, 0.15) is 5.75 Å². The Kier molecular flexibility index (Phi) is 6.60. The molecule has 0 radical (unpaired) electrons. The fraction of sp³-hybridized carbons (Fsp3) is 0.167. The van der Waals surface area contributed by atoms with Crippen molar-refractivity contribution >= 4 is 46.6 Å². The highest BCUT2D eigenvalue weighted by Gasteiger charge is 2.18. The highest BCUT2D eigenvalue weighted by Crippen LogP contribution is 2.31. The van der Waals surface area contributed by atoms with Gasteiger partial charge in [0.05, 0.1) is 10.8 Å². The molecule has 2 aromatic carbocycles. The summed E-state index contributed by atoms with van der Waals surface area (Å²) in [7, 11) is 0. The molecule has 0 spiro atoms. The van der Waals surface area contributed by atoms with E-state index in [9.17, 15) is 4.79 Å². The van der Waals surface area contributed by atoms with Gasteiger partial charge >= 0.3 is 0 Å². The summed E-state index contributed by atoms with van der Waals surface area (Å²) in [6, 6.07) is 14.1. The SMILES string of the molecule is C[C@H](Oc1ccc(Cl)cc1Cl)c1nnc(SCC(=O)Nc2ccccc2)o1. The molecule has 1 heterocycles. The summed E-state index contributed by atoms with van der Waals surface area (Å²) in [6.45, 7) is 1.76. The second kappa shape index (κ2) is 9.12. The third kappa shape index (κ3) is 5.63. The zero-order chi connectivity index (χ0) is 19.2. The van der Waals surface area contributed by atoms with Crippen molar-refractivity contribution in [1.29, 1.82) is 0 Å². The second-order valence-corrected chi connectivity index (χ2v) is 7.21. The first kappa shape index (κ1) is 19.5. The van der Waals surface area contributed by atoms with Crippen molar-refractivity contribution in [3.63, 3.8) is 0 Å². The third-order valence-electron chi connectivity index (χ3n) is 3.35. The average Bonchev–Trinajstić information content (AvgIpc) is 3.12. The Morgan fingerprint density at radius 2 is 2.00 bits per heavy atom. The molecular weight excluding hydrogens is 409 g/mol. The number of amides is 1. The number of carbonyl (C=O) groups is 1. The van der Waals surface area contributed by atoms with Crippen molar-refractivity contribution in [2.75, 3.05) is 11.1 Å². The highest BCUT2D eigenvalue weighted by atomic mass is 35.5. The smallest absolute Gasteiger partial charge is 0.277 e. The van der Waals surface area contributed by atoms with Gasteiger partial charge in [0, 0.05) is 10.7 Å². The first-order valence-electron chi connectivity index (χ1n) is 7.94. The van der Waals surface area contributed by atoms with Crippen LogP contribution in [0.25, 0.3) is 0 Å². The molecular formula is C18H15Cl2N3O3S. The molecule has 6 nitrogen and oxygen atoms in total. The normalized spacial score (nSPS) is 11.8. The number of carbonyl (C=O) groups excluding carboxylic acids is 1. The van der Waals surface area contributed by atoms with Gasteiger partial charge in [0.25, 0.3) is 11.1 Å². The lowest BCUT2D eigenvalue weighted by Gasteiger charge is -2.12. The average molecular weight is 424 g/mol. The van der Waals surface area contributed by atoms with Crippen LogP contribution in [0.4, 0.5) is 5.69 Å². The van der Waals surface area contributed by atoms with Crippen molar-refractivity contribution in [2.24, 2.45) is 0 Å². The summed E-state index contributed by atoms with van der Waals surface area (Å²) < 4.78 is 11.3. The maximum Gasteiger partial charge on any atom is 0.277 e. The molecule has 0 unspecified atom stereocenters. The number of nitrogens with one attached hydrogen (secondary N) is 1. The number of hydrogen-bond acceptors (Lipinski definition) is 6. The maximum atomic E-state index is 12.0. The Bertz CT molecular complexity index is 921. The van der Waals surface area contributed by atoms with Crippen LogP contribution in [0, 0.1) is 0 Å². The highest BCUT2D eigenvalue weighted by molar-refractivity contribution is 7.99. The van der Waals surface area contributed by atoms with Gasteiger partial charge in [-0.2, -0.15) is 0 Å². The number of halogens is 2. The van der Waals surface area contributed by atoms with Crippen LogP contribution in [0.3, 0.4) is 0 Å². The lowest BCUT2D eigenvalue weighted by Crippen LogP contribution is -2.13. The van der Waals surface area contributed by atoms with Crippen molar-refractivity contribution in [3.05, 3.63) is 64.5 Å². The van der Waals surface area contributed by atoms with Crippen LogP contribution in [0.2, 0.25) is 10.0 Å². The van der Waals surface area contributed by atoms with E-state index < -0.39 is 6.10 Å². The number of rotatable bonds is 7. The molecule has 3 rings (SSSR count). The molecule has 0 aliphatic carbocycles. The lowest BCUT2D eigenvalue weighted by atomic mass is 10.3. The predicted octanol–water partition coefficient (Wildman–Crippen LogP) is 5.25. The summed E-state index contributed by atoms with van der Waals surface area (Å²) in [4.78, 5) is 12.0. The quantitative estimate of drug-likeness (QED) is 0.523. The summed E-state index contributed by atoms with van der Waals surface area (Å²) >= 11 is 13.1. The zero-order valence-corrected chi connectivity index (χ0v) is 16.5. The van der Waals surface area contributed by atoms with Gasteiger partial charge in [-0.15, -0.1) is 10.2 Å². The third-order valence-corrected chi connectivity index (χ3v) is 4.70. The Labute approximate surface area is 170 Å². The van der Waals surface area contributed by atoms with Crippen LogP contribution >= 0.6 is 35.0 Å². The van der Waals surface area contributed by atoms with Gasteiger partial charge in [-0.05, 0) is 37.3 Å². The van der Waals surface area contributed by atoms with Crippen molar-refractivity contribution in [1.82, 2.24) is 10.2 Å². The molecule has 1 amide bonds. The molecule has 0 fully saturated rings. The van der Waals surface area contributed by atoms with E-state index in [0.717, 1.165) is 17.4 Å². The number of para-hydroxylation sites is 1. The summed E-state index contributed by atoms with van der Waals surface area (Å²) in [5.41, 5.74) is 0.733. The number of anilines is 1. The van der Waals surface area contributed by atoms with Crippen molar-refractivity contribution in [3.8, 4) is 5.75 Å². The summed E-state index contributed by atoms with van der Waals surface area (Å²) in [5.74, 6) is 0.729. The van der Waals surface area contributed by atoms with E-state index in [4.69, 9.17) is 32.4 Å². The van der Waals surface area contributed by atoms with Crippen LogP contribution in [-0.2, 0) is 4.79 Å². The molecule has 27 heavy (non-hydrogen) atoms. The second-order valence-electron chi connectivity index (χ2n) is 5.44. The molecule has 0 aliphatic rings. The van der Waals surface area contributed by atoms with Crippen LogP contribution < -0.4 is 10.1 Å². The summed E-state index contributed by atoms with van der Waals surface area (Å²) in [5, 5.41) is 11.9. The molecule has 1 aromatic heterocycles. The Balaban J connectivity index is 1.53. The van der Waals surface area contributed by atoms with Crippen LogP contribution in [0.5, 0.6) is 5.75 Å². The van der Waals surface area contributed by atoms with Gasteiger partial charge in [-0.25, -0.2) is 0 Å². The van der Waals surface area contributed by atoms with Gasteiger partial charge in [-0.3, -0.25) is 4.79 Å². The van der Waals surface area contributed by atoms with E-state index >= 15 is 0 Å². The molecule has 0 saturated heterocycles. The monoisotopic (exact) mass is 423 g/mol. The van der Waals surface area contributed by atoms with Crippen LogP contribution in [-0.4, -0.2) is 21.9 Å². The molecule has 0 saturated carbocycles. The van der Waals surface area contributed by atoms with Crippen molar-refractivity contribution < 1.29 is 13.9 Å². The number of ether oxygens (including phenoxy) is 1. The van der Waals surface area contributed by atoms with E-state index in [1.807, 2.05) is 30.3 Å². The number of aromatic nitrogens is 2. The Morgan fingerprint density at radius 3 is 2.74 bits per heavy atom. The molecule has 0 bridgehead atoms. The van der Waals surface area contributed by atoms with E-state index in [0.29, 0.717) is 15.8 Å². The minimum absolute atomic E-state index is 0.148. The topological polar surface area (TPSA) is 77.2 Å². The Hall–Kier alpha value is -2.22. The number of thioether (sulfide) groups is 1. The number of benzene rings is 2. The van der Waals surface area contributed by atoms with Gasteiger partial charge in [0.2, 0.25) is 5.91 Å². The van der Waals surface area contributed by atoms with Gasteiger partial charge in [0.15, 0.2) is 6.10 Å². The maximum absolute atomic E-state index is 12.0. The summed E-state index contributed by atoms with van der Waals surface area (Å²) in [6.07, 6.45) is -0.510. The fourth-order valence-corrected chi connectivity index (χ4v) is 3.12. The number of hydrogen-bond donors (Lipinski definition) is 1. The van der Waals surface area contributed by atoms with Crippen LogP contribution in [0.15, 0.2) is 58.2 Å². The molecule has 1 N–H and O–H groups in total. The number of nitrogens with zero attached hydrogens (tertiary/aromatic N) is 2. The zero-order valence-electron chi connectivity index (χ0n) is 14.2. The molecule has 140 valence electrons. The van der Waals surface area contributed by atoms with E-state index in [1.165, 1.54) is 0 Å². The first-order chi connectivity index (χ1) is 13.0. The molecule has 0 aliphatic heterocycles. The Morgan fingerprint density at radius 1 is 1.22 bits per heavy atom. The van der Waals surface area contributed by atoms with Gasteiger partial charge in [-0.1, -0.05) is 53.2 Å².